The highest BCUT2D eigenvalue weighted by atomic mass is 16.4. The Morgan fingerprint density at radius 1 is 1.67 bits per heavy atom. The number of rotatable bonds is 2. The van der Waals surface area contributed by atoms with Gasteiger partial charge in [-0.25, -0.2) is 4.79 Å². The van der Waals surface area contributed by atoms with E-state index in [9.17, 15) is 4.79 Å². The molecule has 0 radical (unpaired) electrons. The summed E-state index contributed by atoms with van der Waals surface area (Å²) in [5.74, 6) is -0.981. The standard InChI is InChI=1S/C8H10N2O2/c1-5(9)6-2-7(8(11)12)4-10-3-6/h2-5H,9H2,1H3,(H,11,12)/t5-/m1/s1. The summed E-state index contributed by atoms with van der Waals surface area (Å²) in [5, 5.41) is 8.61. The average Bonchev–Trinajstić information content (AvgIpc) is 2.04. The minimum Gasteiger partial charge on any atom is -0.478 e. The molecule has 0 aliphatic rings. The number of hydrogen-bond acceptors (Lipinski definition) is 3. The Balaban J connectivity index is 3.04. The summed E-state index contributed by atoms with van der Waals surface area (Å²) in [6.45, 7) is 1.78. The Hall–Kier alpha value is -1.42. The first-order valence-corrected chi connectivity index (χ1v) is 3.55. The van der Waals surface area contributed by atoms with Gasteiger partial charge in [0.1, 0.15) is 0 Å². The third-order valence-corrected chi connectivity index (χ3v) is 1.53. The summed E-state index contributed by atoms with van der Waals surface area (Å²) in [5.41, 5.74) is 6.45. The van der Waals surface area contributed by atoms with Crippen molar-refractivity contribution in [1.29, 1.82) is 0 Å². The predicted molar refractivity (Wildman–Crippen MR) is 43.8 cm³/mol. The Kier molecular flexibility index (Phi) is 2.40. The van der Waals surface area contributed by atoms with Crippen molar-refractivity contribution in [3.63, 3.8) is 0 Å². The fraction of sp³-hybridized carbons (Fsp3) is 0.250. The molecule has 0 saturated heterocycles. The van der Waals surface area contributed by atoms with E-state index in [0.29, 0.717) is 0 Å². The summed E-state index contributed by atoms with van der Waals surface area (Å²) < 4.78 is 0. The lowest BCUT2D eigenvalue weighted by molar-refractivity contribution is 0.0696. The Labute approximate surface area is 70.0 Å². The van der Waals surface area contributed by atoms with Gasteiger partial charge in [0.05, 0.1) is 5.56 Å². The first-order valence-electron chi connectivity index (χ1n) is 3.55. The number of pyridine rings is 1. The first-order chi connectivity index (χ1) is 5.61. The highest BCUT2D eigenvalue weighted by Gasteiger charge is 2.05. The van der Waals surface area contributed by atoms with Crippen molar-refractivity contribution >= 4 is 5.97 Å². The van der Waals surface area contributed by atoms with Crippen LogP contribution in [0.15, 0.2) is 18.5 Å². The van der Waals surface area contributed by atoms with Crippen LogP contribution < -0.4 is 5.73 Å². The number of nitrogens with zero attached hydrogens (tertiary/aromatic N) is 1. The number of aromatic carboxylic acids is 1. The highest BCUT2D eigenvalue weighted by Crippen LogP contribution is 2.09. The Morgan fingerprint density at radius 3 is 2.83 bits per heavy atom. The van der Waals surface area contributed by atoms with E-state index in [-0.39, 0.29) is 11.6 Å². The molecule has 3 N–H and O–H groups in total. The molecule has 0 aliphatic carbocycles. The van der Waals surface area contributed by atoms with Gasteiger partial charge in [0.25, 0.3) is 0 Å². The average molecular weight is 166 g/mol. The molecular weight excluding hydrogens is 156 g/mol. The van der Waals surface area contributed by atoms with Crippen LogP contribution in [0.3, 0.4) is 0 Å². The number of carbonyl (C=O) groups is 1. The third kappa shape index (κ3) is 1.79. The van der Waals surface area contributed by atoms with E-state index >= 15 is 0 Å². The smallest absolute Gasteiger partial charge is 0.337 e. The first kappa shape index (κ1) is 8.67. The van der Waals surface area contributed by atoms with Crippen molar-refractivity contribution in [3.8, 4) is 0 Å². The van der Waals surface area contributed by atoms with E-state index < -0.39 is 5.97 Å². The van der Waals surface area contributed by atoms with Crippen LogP contribution in [0.1, 0.15) is 28.9 Å². The van der Waals surface area contributed by atoms with E-state index in [2.05, 4.69) is 4.98 Å². The molecular formula is C8H10N2O2. The van der Waals surface area contributed by atoms with Crippen molar-refractivity contribution in [2.45, 2.75) is 13.0 Å². The van der Waals surface area contributed by atoms with Gasteiger partial charge >= 0.3 is 5.97 Å². The summed E-state index contributed by atoms with van der Waals surface area (Å²) in [6.07, 6.45) is 2.87. The topological polar surface area (TPSA) is 76.2 Å². The molecule has 0 spiro atoms. The van der Waals surface area contributed by atoms with E-state index in [4.69, 9.17) is 10.8 Å². The summed E-state index contributed by atoms with van der Waals surface area (Å²) >= 11 is 0. The maximum Gasteiger partial charge on any atom is 0.337 e. The molecule has 1 heterocycles. The van der Waals surface area contributed by atoms with E-state index in [1.54, 1.807) is 13.1 Å². The molecule has 0 saturated carbocycles. The maximum atomic E-state index is 10.5. The second kappa shape index (κ2) is 3.32. The zero-order valence-corrected chi connectivity index (χ0v) is 6.69. The maximum absolute atomic E-state index is 10.5. The van der Waals surface area contributed by atoms with Gasteiger partial charge in [-0.15, -0.1) is 0 Å². The predicted octanol–water partition coefficient (Wildman–Crippen LogP) is 0.800. The molecule has 4 heteroatoms. The van der Waals surface area contributed by atoms with Crippen molar-refractivity contribution in [3.05, 3.63) is 29.6 Å². The zero-order valence-electron chi connectivity index (χ0n) is 6.69. The SMILES string of the molecule is C[C@@H](N)c1cncc(C(=O)O)c1. The Morgan fingerprint density at radius 2 is 2.33 bits per heavy atom. The highest BCUT2D eigenvalue weighted by molar-refractivity contribution is 5.87. The van der Waals surface area contributed by atoms with Crippen LogP contribution in [-0.4, -0.2) is 16.1 Å². The molecule has 0 aliphatic heterocycles. The van der Waals surface area contributed by atoms with E-state index in [1.807, 2.05) is 0 Å². The summed E-state index contributed by atoms with van der Waals surface area (Å²) in [6, 6.07) is 1.34. The number of hydrogen-bond donors (Lipinski definition) is 2. The van der Waals surface area contributed by atoms with Crippen LogP contribution in [0.5, 0.6) is 0 Å². The zero-order chi connectivity index (χ0) is 9.14. The van der Waals surface area contributed by atoms with Gasteiger partial charge in [0, 0.05) is 18.4 Å². The fourth-order valence-electron chi connectivity index (χ4n) is 0.824. The largest absolute Gasteiger partial charge is 0.478 e. The van der Waals surface area contributed by atoms with E-state index in [0.717, 1.165) is 5.56 Å². The molecule has 1 rings (SSSR count). The van der Waals surface area contributed by atoms with Crippen LogP contribution >= 0.6 is 0 Å². The molecule has 1 atom stereocenters. The van der Waals surface area contributed by atoms with Gasteiger partial charge in [-0.2, -0.15) is 0 Å². The van der Waals surface area contributed by atoms with Crippen LogP contribution in [0.25, 0.3) is 0 Å². The summed E-state index contributed by atoms with van der Waals surface area (Å²) in [7, 11) is 0. The lowest BCUT2D eigenvalue weighted by Crippen LogP contribution is -2.07. The summed E-state index contributed by atoms with van der Waals surface area (Å²) in [4.78, 5) is 14.3. The van der Waals surface area contributed by atoms with Gasteiger partial charge in [-0.1, -0.05) is 0 Å². The van der Waals surface area contributed by atoms with Crippen molar-refractivity contribution in [2.24, 2.45) is 5.73 Å². The van der Waals surface area contributed by atoms with Crippen LogP contribution in [0, 0.1) is 0 Å². The second-order valence-electron chi connectivity index (χ2n) is 2.60. The molecule has 0 aromatic carbocycles. The van der Waals surface area contributed by atoms with Gasteiger partial charge in [-0.3, -0.25) is 4.98 Å². The molecule has 12 heavy (non-hydrogen) atoms. The molecule has 0 unspecified atom stereocenters. The fourth-order valence-corrected chi connectivity index (χ4v) is 0.824. The normalized spacial score (nSPS) is 12.5. The van der Waals surface area contributed by atoms with Crippen molar-refractivity contribution in [1.82, 2.24) is 4.98 Å². The number of aromatic nitrogens is 1. The minimum absolute atomic E-state index is 0.171. The van der Waals surface area contributed by atoms with Gasteiger partial charge in [-0.05, 0) is 18.6 Å². The van der Waals surface area contributed by atoms with Crippen LogP contribution in [0.2, 0.25) is 0 Å². The lowest BCUT2D eigenvalue weighted by Gasteiger charge is -2.04. The van der Waals surface area contributed by atoms with E-state index in [1.165, 1.54) is 12.3 Å². The lowest BCUT2D eigenvalue weighted by atomic mass is 10.1. The van der Waals surface area contributed by atoms with Crippen molar-refractivity contribution < 1.29 is 9.90 Å². The molecule has 0 fully saturated rings. The van der Waals surface area contributed by atoms with Crippen molar-refractivity contribution in [2.75, 3.05) is 0 Å². The Bertz CT molecular complexity index is 297. The molecule has 4 nitrogen and oxygen atoms in total. The third-order valence-electron chi connectivity index (χ3n) is 1.53. The van der Waals surface area contributed by atoms with Crippen LogP contribution in [0.4, 0.5) is 0 Å². The quantitative estimate of drug-likeness (QED) is 0.681. The monoisotopic (exact) mass is 166 g/mol. The number of nitrogens with two attached hydrogens (primary N) is 1. The molecule has 0 bridgehead atoms. The molecule has 64 valence electrons. The molecule has 1 aromatic heterocycles. The number of carboxylic acid groups (broad SMARTS) is 1. The van der Waals surface area contributed by atoms with Gasteiger partial charge in [0.15, 0.2) is 0 Å². The molecule has 1 aromatic rings. The van der Waals surface area contributed by atoms with Crippen LogP contribution in [-0.2, 0) is 0 Å². The van der Waals surface area contributed by atoms with Gasteiger partial charge < -0.3 is 10.8 Å². The van der Waals surface area contributed by atoms with Gasteiger partial charge in [0.2, 0.25) is 0 Å². The molecule has 0 amide bonds. The second-order valence-corrected chi connectivity index (χ2v) is 2.60. The number of carboxylic acids is 1. The minimum atomic E-state index is -0.981.